The van der Waals surface area contributed by atoms with Crippen LogP contribution in [0.4, 0.5) is 5.69 Å². The molecule has 0 aromatic heterocycles. The highest BCUT2D eigenvalue weighted by Gasteiger charge is 2.26. The summed E-state index contributed by atoms with van der Waals surface area (Å²) in [6.07, 6.45) is 4.88. The predicted molar refractivity (Wildman–Crippen MR) is 117 cm³/mol. The molecule has 162 valence electrons. The fourth-order valence-corrected chi connectivity index (χ4v) is 3.57. The molecular formula is C21H25Cl2N3O4. The average molecular weight is 454 g/mol. The summed E-state index contributed by atoms with van der Waals surface area (Å²) in [5.41, 5.74) is 6.49. The lowest BCUT2D eigenvalue weighted by Gasteiger charge is -2.32. The van der Waals surface area contributed by atoms with Crippen molar-refractivity contribution in [1.82, 2.24) is 4.90 Å². The van der Waals surface area contributed by atoms with E-state index in [1.165, 1.54) is 0 Å². The van der Waals surface area contributed by atoms with Gasteiger partial charge in [-0.2, -0.15) is 0 Å². The van der Waals surface area contributed by atoms with Crippen LogP contribution in [0.5, 0.6) is 5.75 Å². The van der Waals surface area contributed by atoms with Gasteiger partial charge >= 0.3 is 0 Å². The number of allylic oxidation sites excluding steroid dienone is 3. The molecule has 0 aliphatic carbocycles. The number of amides is 2. The molecule has 1 aromatic carbocycles. The number of carbonyl (C=O) groups is 2. The molecule has 9 heteroatoms. The number of carbonyl (C=O) groups excluding carboxylic acids is 2. The summed E-state index contributed by atoms with van der Waals surface area (Å²) in [4.78, 5) is 26.2. The molecule has 2 amide bonds. The Bertz CT molecular complexity index is 858. The number of alkyl halides is 1. The molecule has 0 spiro atoms. The van der Waals surface area contributed by atoms with E-state index in [1.54, 1.807) is 30.4 Å². The van der Waals surface area contributed by atoms with E-state index < -0.39 is 0 Å². The van der Waals surface area contributed by atoms with Gasteiger partial charge < -0.3 is 25.4 Å². The molecule has 1 saturated heterocycles. The van der Waals surface area contributed by atoms with Gasteiger partial charge in [0.25, 0.3) is 11.8 Å². The van der Waals surface area contributed by atoms with Crippen LogP contribution < -0.4 is 15.8 Å². The topological polar surface area (TPSA) is 93.9 Å². The van der Waals surface area contributed by atoms with Crippen LogP contribution in [0.2, 0.25) is 0 Å². The number of nitrogens with two attached hydrogens (primary N) is 1. The van der Waals surface area contributed by atoms with Crippen LogP contribution in [0.15, 0.2) is 41.3 Å². The summed E-state index contributed by atoms with van der Waals surface area (Å²) < 4.78 is 11.2. The molecule has 2 heterocycles. The first kappa shape index (κ1) is 22.3. The van der Waals surface area contributed by atoms with E-state index in [0.717, 1.165) is 12.8 Å². The van der Waals surface area contributed by atoms with Gasteiger partial charge in [0.05, 0.1) is 22.8 Å². The Morgan fingerprint density at radius 1 is 1.40 bits per heavy atom. The second kappa shape index (κ2) is 10.1. The first-order valence-electron chi connectivity index (χ1n) is 9.79. The molecule has 2 aliphatic rings. The molecule has 0 radical (unpaired) electrons. The van der Waals surface area contributed by atoms with Gasteiger partial charge in [-0.25, -0.2) is 0 Å². The average Bonchev–Trinajstić information content (AvgIpc) is 2.72. The van der Waals surface area contributed by atoms with Crippen molar-refractivity contribution in [1.29, 1.82) is 0 Å². The Labute approximate surface area is 185 Å². The zero-order valence-corrected chi connectivity index (χ0v) is 18.2. The van der Waals surface area contributed by atoms with Crippen molar-refractivity contribution in [3.8, 4) is 5.75 Å². The minimum atomic E-state index is -0.299. The number of fused-ring (bicyclic) bond motifs is 1. The molecule has 3 rings (SSSR count). The Kier molecular flexibility index (Phi) is 7.50. The van der Waals surface area contributed by atoms with Crippen LogP contribution in [-0.4, -0.2) is 48.4 Å². The van der Waals surface area contributed by atoms with E-state index in [1.807, 2.05) is 11.8 Å². The number of halogens is 2. The molecule has 0 saturated carbocycles. The molecule has 3 N–H and O–H groups in total. The number of hydrogen-bond donors (Lipinski definition) is 2. The van der Waals surface area contributed by atoms with Crippen molar-refractivity contribution in [3.63, 3.8) is 0 Å². The predicted octanol–water partition coefficient (Wildman–Crippen LogP) is 3.44. The Balaban J connectivity index is 1.53. The molecule has 1 fully saturated rings. The zero-order chi connectivity index (χ0) is 21.7. The normalized spacial score (nSPS) is 18.9. The molecule has 1 unspecified atom stereocenters. The van der Waals surface area contributed by atoms with Crippen LogP contribution in [0.1, 0.15) is 30.1 Å². The monoisotopic (exact) mass is 453 g/mol. The minimum absolute atomic E-state index is 0.00910. The Morgan fingerprint density at radius 2 is 2.13 bits per heavy atom. The number of benzene rings is 1. The number of nitrogens with one attached hydrogen (secondary N) is 1. The number of hydrogen-bond acceptors (Lipinski definition) is 5. The van der Waals surface area contributed by atoms with E-state index in [-0.39, 0.29) is 29.0 Å². The van der Waals surface area contributed by atoms with Gasteiger partial charge in [0.15, 0.2) is 6.61 Å². The summed E-state index contributed by atoms with van der Waals surface area (Å²) >= 11 is 11.8. The zero-order valence-electron chi connectivity index (χ0n) is 16.7. The van der Waals surface area contributed by atoms with E-state index in [0.29, 0.717) is 48.4 Å². The third-order valence-electron chi connectivity index (χ3n) is 5.05. The van der Waals surface area contributed by atoms with E-state index in [9.17, 15) is 9.59 Å². The second-order valence-electron chi connectivity index (χ2n) is 7.33. The largest absolute Gasteiger partial charge is 0.496 e. The van der Waals surface area contributed by atoms with Gasteiger partial charge in [0.2, 0.25) is 0 Å². The van der Waals surface area contributed by atoms with Gasteiger partial charge in [-0.05, 0) is 56.0 Å². The second-order valence-corrected chi connectivity index (χ2v) is 8.42. The summed E-state index contributed by atoms with van der Waals surface area (Å²) in [6.45, 7) is 3.60. The summed E-state index contributed by atoms with van der Waals surface area (Å²) in [5, 5.41) is 2.59. The van der Waals surface area contributed by atoms with Crippen LogP contribution in [0.25, 0.3) is 0 Å². The SMILES string of the molecule is CC(Cl)/C(=C\C=C(/N)Cl)OCC1CCN(C(=O)c2ccc3c(c2)NC(=O)CO3)CC1. The fraction of sp³-hybridized carbons (Fsp3) is 0.429. The first-order valence-corrected chi connectivity index (χ1v) is 10.6. The lowest BCUT2D eigenvalue weighted by molar-refractivity contribution is -0.118. The molecule has 1 aromatic rings. The quantitative estimate of drug-likeness (QED) is 0.297. The van der Waals surface area contributed by atoms with Gasteiger partial charge in [0.1, 0.15) is 11.5 Å². The first-order chi connectivity index (χ1) is 14.3. The molecular weight excluding hydrogens is 429 g/mol. The van der Waals surface area contributed by atoms with Crippen molar-refractivity contribution in [2.75, 3.05) is 31.6 Å². The van der Waals surface area contributed by atoms with Gasteiger partial charge in [0, 0.05) is 18.7 Å². The van der Waals surface area contributed by atoms with Crippen molar-refractivity contribution >= 4 is 40.7 Å². The van der Waals surface area contributed by atoms with Crippen molar-refractivity contribution in [2.45, 2.75) is 25.1 Å². The molecule has 0 bridgehead atoms. The maximum Gasteiger partial charge on any atom is 0.262 e. The summed E-state index contributed by atoms with van der Waals surface area (Å²) in [5.74, 6) is 1.22. The van der Waals surface area contributed by atoms with Crippen molar-refractivity contribution in [3.05, 3.63) is 46.8 Å². The van der Waals surface area contributed by atoms with Crippen LogP contribution in [0.3, 0.4) is 0 Å². The van der Waals surface area contributed by atoms with E-state index >= 15 is 0 Å². The van der Waals surface area contributed by atoms with Crippen molar-refractivity contribution in [2.24, 2.45) is 11.7 Å². The maximum atomic E-state index is 12.9. The molecule has 30 heavy (non-hydrogen) atoms. The number of likely N-dealkylation sites (tertiary alicyclic amines) is 1. The highest BCUT2D eigenvalue weighted by molar-refractivity contribution is 6.29. The Hall–Kier alpha value is -2.38. The summed E-state index contributed by atoms with van der Waals surface area (Å²) in [7, 11) is 0. The number of piperidine rings is 1. The smallest absolute Gasteiger partial charge is 0.262 e. The molecule has 7 nitrogen and oxygen atoms in total. The molecule has 1 atom stereocenters. The van der Waals surface area contributed by atoms with Gasteiger partial charge in [-0.1, -0.05) is 11.6 Å². The van der Waals surface area contributed by atoms with Crippen molar-refractivity contribution < 1.29 is 19.1 Å². The van der Waals surface area contributed by atoms with E-state index in [4.69, 9.17) is 38.4 Å². The van der Waals surface area contributed by atoms with Crippen LogP contribution >= 0.6 is 23.2 Å². The number of anilines is 1. The Morgan fingerprint density at radius 3 is 2.80 bits per heavy atom. The number of ether oxygens (including phenoxy) is 2. The lowest BCUT2D eigenvalue weighted by Crippen LogP contribution is -2.39. The minimum Gasteiger partial charge on any atom is -0.496 e. The standard InChI is InChI=1S/C21H25Cl2N3O4/c1-13(22)17(4-5-19(23)24)29-11-14-6-8-26(9-7-14)21(28)15-2-3-18-16(10-15)25-20(27)12-30-18/h2-5,10,13-14H,6-9,11-12,24H2,1H3,(H,25,27)/b17-4+,19-5-. The third-order valence-corrected chi connectivity index (χ3v) is 5.39. The number of nitrogens with zero attached hydrogens (tertiary/aromatic N) is 1. The van der Waals surface area contributed by atoms with E-state index in [2.05, 4.69) is 5.32 Å². The fourth-order valence-electron chi connectivity index (χ4n) is 3.37. The van der Waals surface area contributed by atoms with Crippen LogP contribution in [0, 0.1) is 5.92 Å². The summed E-state index contributed by atoms with van der Waals surface area (Å²) in [6, 6.07) is 5.10. The molecule has 2 aliphatic heterocycles. The number of rotatable bonds is 6. The third kappa shape index (κ3) is 5.83. The maximum absolute atomic E-state index is 12.9. The van der Waals surface area contributed by atoms with Crippen LogP contribution in [-0.2, 0) is 9.53 Å². The lowest BCUT2D eigenvalue weighted by atomic mass is 9.97. The van der Waals surface area contributed by atoms with Gasteiger partial charge in [-0.3, -0.25) is 9.59 Å². The highest BCUT2D eigenvalue weighted by Crippen LogP contribution is 2.29. The highest BCUT2D eigenvalue weighted by atomic mass is 35.5. The van der Waals surface area contributed by atoms with Gasteiger partial charge in [-0.15, -0.1) is 11.6 Å².